The molecule has 0 saturated heterocycles. The van der Waals surface area contributed by atoms with E-state index in [4.69, 9.17) is 23.2 Å². The molecule has 175 valence electrons. The molecule has 0 spiro atoms. The van der Waals surface area contributed by atoms with E-state index in [1.54, 1.807) is 54.9 Å². The van der Waals surface area contributed by atoms with E-state index in [9.17, 15) is 17.9 Å². The molecule has 0 bridgehead atoms. The van der Waals surface area contributed by atoms with E-state index in [0.717, 1.165) is 6.26 Å². The van der Waals surface area contributed by atoms with Gasteiger partial charge in [-0.25, -0.2) is 17.8 Å². The number of aromatic nitrogens is 2. The van der Waals surface area contributed by atoms with Crippen molar-refractivity contribution in [2.75, 3.05) is 6.26 Å². The number of halogens is 3. The minimum Gasteiger partial charge on any atom is -0.384 e. The lowest BCUT2D eigenvalue weighted by Crippen LogP contribution is -2.15. The van der Waals surface area contributed by atoms with Crippen LogP contribution < -0.4 is 0 Å². The third-order valence-electron chi connectivity index (χ3n) is 5.23. The first-order chi connectivity index (χ1) is 15.9. The second-order valence-electron chi connectivity index (χ2n) is 8.36. The van der Waals surface area contributed by atoms with Crippen LogP contribution in [0.1, 0.15) is 19.5 Å². The van der Waals surface area contributed by atoms with Crippen LogP contribution >= 0.6 is 23.2 Å². The molecular weight excluding hydrogens is 498 g/mol. The van der Waals surface area contributed by atoms with Crippen LogP contribution in [-0.4, -0.2) is 29.3 Å². The number of benzene rings is 3. The largest absolute Gasteiger partial charge is 0.384 e. The van der Waals surface area contributed by atoms with E-state index in [1.165, 1.54) is 24.3 Å². The van der Waals surface area contributed by atoms with Gasteiger partial charge in [0.1, 0.15) is 17.2 Å². The Balaban J connectivity index is 1.88. The van der Waals surface area contributed by atoms with Crippen LogP contribution in [-0.2, 0) is 15.4 Å². The van der Waals surface area contributed by atoms with E-state index in [0.29, 0.717) is 27.5 Å². The summed E-state index contributed by atoms with van der Waals surface area (Å²) in [5.74, 6) is -0.383. The molecule has 9 heteroatoms. The highest BCUT2D eigenvalue weighted by Crippen LogP contribution is 2.36. The zero-order valence-electron chi connectivity index (χ0n) is 18.5. The summed E-state index contributed by atoms with van der Waals surface area (Å²) in [6.07, 6.45) is 2.70. The van der Waals surface area contributed by atoms with Crippen molar-refractivity contribution in [3.05, 3.63) is 88.4 Å². The minimum atomic E-state index is -3.42. The molecule has 4 rings (SSSR count). The lowest BCUT2D eigenvalue weighted by Gasteiger charge is -2.13. The Morgan fingerprint density at radius 1 is 1.06 bits per heavy atom. The van der Waals surface area contributed by atoms with Crippen molar-refractivity contribution in [3.8, 4) is 28.2 Å². The Bertz CT molecular complexity index is 1490. The molecule has 0 aliphatic rings. The summed E-state index contributed by atoms with van der Waals surface area (Å²) >= 11 is 12.9. The number of imidazole rings is 1. The van der Waals surface area contributed by atoms with Gasteiger partial charge < -0.3 is 5.11 Å². The van der Waals surface area contributed by atoms with Gasteiger partial charge in [0, 0.05) is 18.5 Å². The van der Waals surface area contributed by atoms with Crippen LogP contribution in [0.25, 0.3) is 28.2 Å². The summed E-state index contributed by atoms with van der Waals surface area (Å²) in [6, 6.07) is 17.0. The first kappa shape index (κ1) is 24.4. The fraction of sp³-hybridized carbons (Fsp3) is 0.160. The van der Waals surface area contributed by atoms with Crippen molar-refractivity contribution in [1.29, 1.82) is 0 Å². The second kappa shape index (κ2) is 8.82. The predicted molar refractivity (Wildman–Crippen MR) is 132 cm³/mol. The molecule has 4 aromatic rings. The van der Waals surface area contributed by atoms with Gasteiger partial charge in [-0.3, -0.25) is 4.57 Å². The van der Waals surface area contributed by atoms with Crippen LogP contribution in [0.3, 0.4) is 0 Å². The monoisotopic (exact) mass is 517 g/mol. The molecular formula is C25H20Cl2FN2O3S. The van der Waals surface area contributed by atoms with Gasteiger partial charge in [-0.15, -0.1) is 0 Å². The summed E-state index contributed by atoms with van der Waals surface area (Å²) in [7, 11) is -3.42. The molecule has 0 unspecified atom stereocenters. The molecule has 1 aromatic heterocycles. The maximum absolute atomic E-state index is 14.8. The van der Waals surface area contributed by atoms with E-state index < -0.39 is 21.3 Å². The molecule has 1 heterocycles. The first-order valence-electron chi connectivity index (χ1n) is 10.1. The average molecular weight is 518 g/mol. The van der Waals surface area contributed by atoms with Crippen molar-refractivity contribution in [2.24, 2.45) is 0 Å². The van der Waals surface area contributed by atoms with E-state index in [-0.39, 0.29) is 21.3 Å². The van der Waals surface area contributed by atoms with Gasteiger partial charge in [0.05, 0.1) is 31.9 Å². The third-order valence-corrected chi connectivity index (χ3v) is 6.89. The highest BCUT2D eigenvalue weighted by atomic mass is 35.5. The van der Waals surface area contributed by atoms with Crippen LogP contribution in [0.15, 0.2) is 65.7 Å². The maximum Gasteiger partial charge on any atom is 0.176 e. The molecule has 5 nitrogen and oxygen atoms in total. The average Bonchev–Trinajstić information content (AvgIpc) is 3.18. The van der Waals surface area contributed by atoms with Gasteiger partial charge in [0.15, 0.2) is 9.84 Å². The Kier molecular flexibility index (Phi) is 6.33. The van der Waals surface area contributed by atoms with Gasteiger partial charge in [0.25, 0.3) is 0 Å². The highest BCUT2D eigenvalue weighted by Gasteiger charge is 2.26. The van der Waals surface area contributed by atoms with Gasteiger partial charge in [0.2, 0.25) is 0 Å². The van der Waals surface area contributed by atoms with Crippen LogP contribution in [0, 0.1) is 11.9 Å². The normalized spacial score (nSPS) is 12.2. The van der Waals surface area contributed by atoms with Crippen molar-refractivity contribution >= 4 is 33.0 Å². The summed E-state index contributed by atoms with van der Waals surface area (Å²) < 4.78 is 40.2. The summed E-state index contributed by atoms with van der Waals surface area (Å²) in [5.41, 5.74) is 0.893. The quantitative estimate of drug-likeness (QED) is 0.348. The standard InChI is InChI=1S/C25H20Cl2FN2O3S/c1-25(2,31)22-14-30(24(29-22)23-18(26)8-5-9-20(23)28)21-11-10-16(13-19(21)27)15-6-4-7-17(12-15)34(3,32)33/h4-6,8-14,31H,1-3H3. The number of hydrogen-bond acceptors (Lipinski definition) is 4. The molecule has 0 amide bonds. The van der Waals surface area contributed by atoms with Gasteiger partial charge in [-0.1, -0.05) is 47.5 Å². The minimum absolute atomic E-state index is 0.0751. The van der Waals surface area contributed by atoms with Crippen LogP contribution in [0.5, 0.6) is 0 Å². The van der Waals surface area contributed by atoms with Gasteiger partial charge >= 0.3 is 0 Å². The molecule has 34 heavy (non-hydrogen) atoms. The Hall–Kier alpha value is -2.71. The van der Waals surface area contributed by atoms with Crippen LogP contribution in [0.4, 0.5) is 4.39 Å². The Morgan fingerprint density at radius 3 is 2.38 bits per heavy atom. The summed E-state index contributed by atoms with van der Waals surface area (Å²) in [6.45, 7) is 3.14. The molecule has 0 atom stereocenters. The van der Waals surface area contributed by atoms with Crippen molar-refractivity contribution in [1.82, 2.24) is 9.55 Å². The zero-order chi connectivity index (χ0) is 24.8. The highest BCUT2D eigenvalue weighted by molar-refractivity contribution is 7.90. The molecule has 0 aliphatic heterocycles. The maximum atomic E-state index is 14.8. The van der Waals surface area contributed by atoms with E-state index >= 15 is 0 Å². The number of rotatable bonds is 5. The van der Waals surface area contributed by atoms with E-state index in [2.05, 4.69) is 11.1 Å². The number of hydrogen-bond donors (Lipinski definition) is 1. The fourth-order valence-electron chi connectivity index (χ4n) is 3.47. The Morgan fingerprint density at radius 2 is 1.76 bits per heavy atom. The SMILES string of the molecule is CC(C)(O)c1cn(-c2ccc(-c3cc[c]c(S(C)(=O)=O)c3)cc2Cl)c(-c2c(F)cccc2Cl)n1. The molecule has 1 radical (unpaired) electrons. The molecule has 0 aliphatic carbocycles. The zero-order valence-corrected chi connectivity index (χ0v) is 20.8. The lowest BCUT2D eigenvalue weighted by atomic mass is 10.1. The fourth-order valence-corrected chi connectivity index (χ4v) is 4.61. The van der Waals surface area contributed by atoms with Crippen molar-refractivity contribution < 1.29 is 17.9 Å². The Labute approximate surface area is 207 Å². The van der Waals surface area contributed by atoms with Crippen molar-refractivity contribution in [2.45, 2.75) is 24.3 Å². The van der Waals surface area contributed by atoms with Crippen LogP contribution in [0.2, 0.25) is 10.0 Å². The number of sulfone groups is 1. The predicted octanol–water partition coefficient (Wildman–Crippen LogP) is 6.08. The third kappa shape index (κ3) is 4.74. The van der Waals surface area contributed by atoms with Crippen molar-refractivity contribution in [3.63, 3.8) is 0 Å². The smallest absolute Gasteiger partial charge is 0.176 e. The number of nitrogens with zero attached hydrogens (tertiary/aromatic N) is 2. The molecule has 0 fully saturated rings. The lowest BCUT2D eigenvalue weighted by molar-refractivity contribution is 0.0743. The van der Waals surface area contributed by atoms with Gasteiger partial charge in [-0.05, 0) is 55.3 Å². The van der Waals surface area contributed by atoms with Gasteiger partial charge in [-0.2, -0.15) is 0 Å². The summed E-state index contributed by atoms with van der Waals surface area (Å²) in [5, 5.41) is 11.0. The molecule has 3 aromatic carbocycles. The number of aliphatic hydroxyl groups is 1. The first-order valence-corrected chi connectivity index (χ1v) is 12.8. The van der Waals surface area contributed by atoms with E-state index in [1.807, 2.05) is 0 Å². The topological polar surface area (TPSA) is 72.2 Å². The summed E-state index contributed by atoms with van der Waals surface area (Å²) in [4.78, 5) is 4.54. The molecule has 0 saturated carbocycles. The molecule has 1 N–H and O–H groups in total. The second-order valence-corrected chi connectivity index (χ2v) is 11.2.